The van der Waals surface area contributed by atoms with Crippen molar-refractivity contribution >= 4 is 24.2 Å². The number of esters is 2. The van der Waals surface area contributed by atoms with Crippen molar-refractivity contribution in [3.63, 3.8) is 0 Å². The molecule has 1 unspecified atom stereocenters. The van der Waals surface area contributed by atoms with Crippen LogP contribution in [0.4, 0.5) is 9.59 Å². The van der Waals surface area contributed by atoms with Crippen LogP contribution in [0.3, 0.4) is 0 Å². The van der Waals surface area contributed by atoms with Gasteiger partial charge in [0.2, 0.25) is 0 Å². The van der Waals surface area contributed by atoms with Gasteiger partial charge in [-0.25, -0.2) is 9.59 Å². The van der Waals surface area contributed by atoms with Crippen LogP contribution in [0.2, 0.25) is 0 Å². The molecule has 11 nitrogen and oxygen atoms in total. The van der Waals surface area contributed by atoms with Crippen LogP contribution < -0.4 is 15.2 Å². The Morgan fingerprint density at radius 1 is 0.868 bits per heavy atom. The molecule has 214 valence electrons. The molecule has 1 aromatic rings. The van der Waals surface area contributed by atoms with Crippen LogP contribution in [-0.2, 0) is 35.0 Å². The summed E-state index contributed by atoms with van der Waals surface area (Å²) in [5.41, 5.74) is 5.30. The van der Waals surface area contributed by atoms with Gasteiger partial charge in [-0.1, -0.05) is 47.6 Å². The van der Waals surface area contributed by atoms with Crippen molar-refractivity contribution < 1.29 is 47.6 Å². The average molecular weight is 540 g/mol. The predicted octanol–water partition coefficient (Wildman–Crippen LogP) is 4.42. The summed E-state index contributed by atoms with van der Waals surface area (Å²) in [6.45, 7) is 11.2. The van der Waals surface area contributed by atoms with E-state index >= 15 is 0 Å². The van der Waals surface area contributed by atoms with Gasteiger partial charge in [0.1, 0.15) is 5.54 Å². The van der Waals surface area contributed by atoms with E-state index in [4.69, 9.17) is 34.2 Å². The highest BCUT2D eigenvalue weighted by Gasteiger charge is 2.36. The summed E-state index contributed by atoms with van der Waals surface area (Å²) in [6, 6.07) is 4.34. The minimum atomic E-state index is -1.56. The Balaban J connectivity index is 3.16. The molecular weight excluding hydrogens is 498 g/mol. The van der Waals surface area contributed by atoms with Gasteiger partial charge in [0, 0.05) is 12.8 Å². The monoisotopic (exact) mass is 539 g/mol. The van der Waals surface area contributed by atoms with Gasteiger partial charge in [-0.3, -0.25) is 9.59 Å². The van der Waals surface area contributed by atoms with Gasteiger partial charge in [0.25, 0.3) is 0 Å². The molecule has 0 aliphatic rings. The van der Waals surface area contributed by atoms with Crippen LogP contribution >= 0.6 is 0 Å². The predicted molar refractivity (Wildman–Crippen MR) is 138 cm³/mol. The molecule has 11 heteroatoms. The van der Waals surface area contributed by atoms with Gasteiger partial charge in [-0.15, -0.1) is 0 Å². The molecule has 2 N–H and O–H groups in total. The second kappa shape index (κ2) is 15.8. The second-order valence-electron chi connectivity index (χ2n) is 9.95. The summed E-state index contributed by atoms with van der Waals surface area (Å²) < 4.78 is 30.8. The van der Waals surface area contributed by atoms with Crippen molar-refractivity contribution in [1.29, 1.82) is 0 Å². The molecule has 0 radical (unpaired) electrons. The minimum absolute atomic E-state index is 0.0196. The summed E-state index contributed by atoms with van der Waals surface area (Å²) >= 11 is 0. The van der Waals surface area contributed by atoms with Crippen LogP contribution in [0, 0.1) is 17.8 Å². The third-order valence-electron chi connectivity index (χ3n) is 5.38. The molecule has 0 spiro atoms. The quantitative estimate of drug-likeness (QED) is 0.203. The largest absolute Gasteiger partial charge is 0.513 e. The number of hydrogen-bond acceptors (Lipinski definition) is 11. The van der Waals surface area contributed by atoms with Crippen molar-refractivity contribution in [3.05, 3.63) is 23.8 Å². The number of hydrogen-bond donors (Lipinski definition) is 1. The number of carbonyl (C=O) groups is 4. The fraction of sp³-hybridized carbons (Fsp3) is 0.630. The van der Waals surface area contributed by atoms with E-state index in [1.54, 1.807) is 13.0 Å². The van der Waals surface area contributed by atoms with Gasteiger partial charge >= 0.3 is 24.2 Å². The van der Waals surface area contributed by atoms with Gasteiger partial charge < -0.3 is 34.2 Å². The van der Waals surface area contributed by atoms with Crippen LogP contribution in [0.25, 0.3) is 0 Å². The first kappa shape index (κ1) is 32.7. The Labute approximate surface area is 224 Å². The maximum atomic E-state index is 12.6. The Hall–Kier alpha value is -3.34. The summed E-state index contributed by atoms with van der Waals surface area (Å²) in [4.78, 5) is 49.0. The molecule has 0 bridgehead atoms. The summed E-state index contributed by atoms with van der Waals surface area (Å²) in [7, 11) is 1.20. The van der Waals surface area contributed by atoms with E-state index < -0.39 is 23.8 Å². The minimum Gasteiger partial charge on any atom is -0.468 e. The van der Waals surface area contributed by atoms with Gasteiger partial charge in [0.05, 0.1) is 32.8 Å². The lowest BCUT2D eigenvalue weighted by molar-refractivity contribution is -0.153. The molecule has 38 heavy (non-hydrogen) atoms. The standard InChI is InChI=1S/C27H41NO10/c1-8-19(6)23(29)34-12-11-27(28,24(30)33-7)14-20-9-10-21(37-25(31)35-15-17(2)3)22(13-20)38-26(32)36-16-18(4)5/h9-10,13,17-19H,8,11-12,14-16,28H2,1-7H3/t19-,27?/m0/s1. The normalized spacial score (nSPS) is 13.3. The van der Waals surface area contributed by atoms with Crippen molar-refractivity contribution in [2.75, 3.05) is 26.9 Å². The molecule has 2 atom stereocenters. The molecule has 1 rings (SSSR count). The van der Waals surface area contributed by atoms with E-state index in [1.807, 2.05) is 34.6 Å². The van der Waals surface area contributed by atoms with Crippen molar-refractivity contribution in [1.82, 2.24) is 0 Å². The molecule has 0 aromatic heterocycles. The Morgan fingerprint density at radius 3 is 1.92 bits per heavy atom. The van der Waals surface area contributed by atoms with E-state index in [1.165, 1.54) is 19.2 Å². The molecule has 1 aromatic carbocycles. The van der Waals surface area contributed by atoms with Gasteiger partial charge in [-0.2, -0.15) is 0 Å². The average Bonchev–Trinajstić information content (AvgIpc) is 2.86. The van der Waals surface area contributed by atoms with Crippen LogP contribution in [0.5, 0.6) is 11.5 Å². The Kier molecular flexibility index (Phi) is 13.6. The lowest BCUT2D eigenvalue weighted by Gasteiger charge is -2.27. The molecule has 0 aliphatic heterocycles. The maximum Gasteiger partial charge on any atom is 0.513 e. The first-order valence-electron chi connectivity index (χ1n) is 12.7. The fourth-order valence-electron chi connectivity index (χ4n) is 3.01. The third kappa shape index (κ3) is 11.4. The zero-order valence-corrected chi connectivity index (χ0v) is 23.4. The van der Waals surface area contributed by atoms with Crippen molar-refractivity contribution in [3.8, 4) is 11.5 Å². The van der Waals surface area contributed by atoms with E-state index in [9.17, 15) is 19.2 Å². The lowest BCUT2D eigenvalue weighted by atomic mass is 9.88. The van der Waals surface area contributed by atoms with E-state index in [0.29, 0.717) is 12.0 Å². The molecule has 0 amide bonds. The number of carbonyl (C=O) groups excluding carboxylic acids is 4. The number of rotatable bonds is 14. The number of benzene rings is 1. The van der Waals surface area contributed by atoms with E-state index in [-0.39, 0.29) is 67.9 Å². The highest BCUT2D eigenvalue weighted by atomic mass is 16.7. The SMILES string of the molecule is CC[C@H](C)C(=O)OCCC(N)(Cc1ccc(OC(=O)OCC(C)C)c(OC(=O)OCC(C)C)c1)C(=O)OC. The summed E-state index contributed by atoms with van der Waals surface area (Å²) in [6.07, 6.45) is -1.44. The Morgan fingerprint density at radius 2 is 1.42 bits per heavy atom. The molecule has 0 heterocycles. The van der Waals surface area contributed by atoms with Crippen molar-refractivity contribution in [2.45, 2.75) is 66.3 Å². The second-order valence-corrected chi connectivity index (χ2v) is 9.95. The fourth-order valence-corrected chi connectivity index (χ4v) is 3.01. The lowest BCUT2D eigenvalue weighted by Crippen LogP contribution is -2.51. The molecular formula is C27H41NO10. The first-order chi connectivity index (χ1) is 17.8. The first-order valence-corrected chi connectivity index (χ1v) is 12.7. The number of nitrogens with two attached hydrogens (primary N) is 1. The maximum absolute atomic E-state index is 12.6. The zero-order chi connectivity index (χ0) is 28.9. The van der Waals surface area contributed by atoms with E-state index in [2.05, 4.69) is 0 Å². The van der Waals surface area contributed by atoms with Crippen LogP contribution in [0.15, 0.2) is 18.2 Å². The highest BCUT2D eigenvalue weighted by Crippen LogP contribution is 2.31. The Bertz CT molecular complexity index is 946. The van der Waals surface area contributed by atoms with E-state index in [0.717, 1.165) is 0 Å². The third-order valence-corrected chi connectivity index (χ3v) is 5.38. The highest BCUT2D eigenvalue weighted by molar-refractivity contribution is 5.81. The number of methoxy groups -OCH3 is 1. The molecule has 0 saturated heterocycles. The molecule has 0 aliphatic carbocycles. The van der Waals surface area contributed by atoms with Crippen LogP contribution in [0.1, 0.15) is 59.9 Å². The summed E-state index contributed by atoms with van der Waals surface area (Å²) in [5, 5.41) is 0. The zero-order valence-electron chi connectivity index (χ0n) is 23.4. The molecule has 0 fully saturated rings. The molecule has 0 saturated carbocycles. The van der Waals surface area contributed by atoms with Crippen LogP contribution in [-0.4, -0.2) is 56.7 Å². The van der Waals surface area contributed by atoms with Gasteiger partial charge in [0.15, 0.2) is 11.5 Å². The topological polar surface area (TPSA) is 150 Å². The number of ether oxygens (including phenoxy) is 6. The summed E-state index contributed by atoms with van der Waals surface area (Å²) in [5.74, 6) is -1.44. The smallest absolute Gasteiger partial charge is 0.468 e. The van der Waals surface area contributed by atoms with Crippen molar-refractivity contribution in [2.24, 2.45) is 23.5 Å². The van der Waals surface area contributed by atoms with Gasteiger partial charge in [-0.05, 0) is 36.0 Å².